The van der Waals surface area contributed by atoms with Gasteiger partial charge in [-0.05, 0) is 18.1 Å². The summed E-state index contributed by atoms with van der Waals surface area (Å²) >= 11 is 0. The highest BCUT2D eigenvalue weighted by molar-refractivity contribution is 5.79. The summed E-state index contributed by atoms with van der Waals surface area (Å²) in [6.07, 6.45) is 0.584. The van der Waals surface area contributed by atoms with Gasteiger partial charge in [0.25, 0.3) is 0 Å². The molecule has 6 nitrogen and oxygen atoms in total. The van der Waals surface area contributed by atoms with Crippen LogP contribution in [-0.4, -0.2) is 16.0 Å². The minimum atomic E-state index is -0.389. The molecule has 0 aliphatic carbocycles. The van der Waals surface area contributed by atoms with E-state index in [0.29, 0.717) is 18.1 Å². The van der Waals surface area contributed by atoms with E-state index >= 15 is 0 Å². The van der Waals surface area contributed by atoms with Gasteiger partial charge in [0.05, 0.1) is 5.92 Å². The summed E-state index contributed by atoms with van der Waals surface area (Å²) in [5.41, 5.74) is 8.26. The third kappa shape index (κ3) is 4.80. The lowest BCUT2D eigenvalue weighted by atomic mass is 9.94. The van der Waals surface area contributed by atoms with Crippen molar-refractivity contribution in [1.29, 1.82) is 0 Å². The standard InChI is InChI=1S/C21H24N4O2/c1-14(19(22)17-11-7-4-8-12-17)20(26)23-15(2)21-24-18(25-27-21)13-16-9-5-3-6-10-16/h3-12,14-15,19H,13,22H2,1-2H3,(H,23,26). The van der Waals surface area contributed by atoms with Crippen LogP contribution < -0.4 is 11.1 Å². The zero-order chi connectivity index (χ0) is 19.2. The van der Waals surface area contributed by atoms with E-state index in [0.717, 1.165) is 11.1 Å². The van der Waals surface area contributed by atoms with E-state index in [1.807, 2.05) is 74.5 Å². The second-order valence-electron chi connectivity index (χ2n) is 6.67. The van der Waals surface area contributed by atoms with Crippen molar-refractivity contribution in [1.82, 2.24) is 15.5 Å². The van der Waals surface area contributed by atoms with Gasteiger partial charge in [0.2, 0.25) is 11.8 Å². The molecule has 3 aromatic rings. The fourth-order valence-electron chi connectivity index (χ4n) is 2.83. The molecule has 1 aromatic heterocycles. The number of hydrogen-bond donors (Lipinski definition) is 2. The molecule has 1 amide bonds. The maximum atomic E-state index is 12.6. The fraction of sp³-hybridized carbons (Fsp3) is 0.286. The number of rotatable bonds is 7. The molecule has 2 aromatic carbocycles. The van der Waals surface area contributed by atoms with Gasteiger partial charge in [-0.3, -0.25) is 4.79 Å². The van der Waals surface area contributed by atoms with Gasteiger partial charge in [0.1, 0.15) is 6.04 Å². The topological polar surface area (TPSA) is 94.0 Å². The Kier molecular flexibility index (Phi) is 5.98. The highest BCUT2D eigenvalue weighted by Gasteiger charge is 2.25. The molecule has 0 radical (unpaired) electrons. The average Bonchev–Trinajstić information content (AvgIpc) is 3.17. The van der Waals surface area contributed by atoms with Crippen LogP contribution in [0.3, 0.4) is 0 Å². The molecule has 0 saturated heterocycles. The van der Waals surface area contributed by atoms with Crippen molar-refractivity contribution in [2.24, 2.45) is 11.7 Å². The Morgan fingerprint density at radius 3 is 2.37 bits per heavy atom. The Hall–Kier alpha value is -2.99. The van der Waals surface area contributed by atoms with Crippen molar-refractivity contribution in [3.8, 4) is 0 Å². The van der Waals surface area contributed by atoms with Gasteiger partial charge in [-0.25, -0.2) is 0 Å². The van der Waals surface area contributed by atoms with Crippen LogP contribution >= 0.6 is 0 Å². The monoisotopic (exact) mass is 364 g/mol. The minimum absolute atomic E-state index is 0.151. The normalized spacial score (nSPS) is 14.3. The molecule has 1 heterocycles. The Morgan fingerprint density at radius 2 is 1.70 bits per heavy atom. The van der Waals surface area contributed by atoms with Gasteiger partial charge in [0.15, 0.2) is 5.82 Å². The quantitative estimate of drug-likeness (QED) is 0.671. The van der Waals surface area contributed by atoms with E-state index in [2.05, 4.69) is 15.5 Å². The Labute approximate surface area is 158 Å². The number of benzene rings is 2. The first-order chi connectivity index (χ1) is 13.0. The molecule has 0 fully saturated rings. The number of hydrogen-bond acceptors (Lipinski definition) is 5. The molecule has 0 aliphatic heterocycles. The van der Waals surface area contributed by atoms with E-state index in [4.69, 9.17) is 10.3 Å². The van der Waals surface area contributed by atoms with Crippen LogP contribution in [0, 0.1) is 5.92 Å². The Morgan fingerprint density at radius 1 is 1.07 bits per heavy atom. The SMILES string of the molecule is CC(NC(=O)C(C)C(N)c1ccccc1)c1nc(Cc2ccccc2)no1. The van der Waals surface area contributed by atoms with Crippen LogP contribution in [0.4, 0.5) is 0 Å². The highest BCUT2D eigenvalue weighted by atomic mass is 16.5. The number of nitrogens with two attached hydrogens (primary N) is 1. The first-order valence-electron chi connectivity index (χ1n) is 9.02. The predicted octanol–water partition coefficient (Wildman–Crippen LogP) is 3.17. The summed E-state index contributed by atoms with van der Waals surface area (Å²) in [7, 11) is 0. The summed E-state index contributed by atoms with van der Waals surface area (Å²) in [6, 6.07) is 18.7. The van der Waals surface area contributed by atoms with Crippen LogP contribution in [0.25, 0.3) is 0 Å². The number of nitrogens with one attached hydrogen (secondary N) is 1. The Bertz CT molecular complexity index is 864. The highest BCUT2D eigenvalue weighted by Crippen LogP contribution is 2.20. The average molecular weight is 364 g/mol. The largest absolute Gasteiger partial charge is 0.344 e. The van der Waals surface area contributed by atoms with Gasteiger partial charge in [-0.1, -0.05) is 72.7 Å². The molecular weight excluding hydrogens is 340 g/mol. The molecule has 0 spiro atoms. The smallest absolute Gasteiger partial charge is 0.248 e. The molecule has 3 atom stereocenters. The van der Waals surface area contributed by atoms with Gasteiger partial charge < -0.3 is 15.6 Å². The molecule has 3 rings (SSSR count). The second kappa shape index (κ2) is 8.60. The zero-order valence-corrected chi connectivity index (χ0v) is 15.5. The third-order valence-corrected chi connectivity index (χ3v) is 4.55. The molecule has 27 heavy (non-hydrogen) atoms. The van der Waals surface area contributed by atoms with Crippen LogP contribution in [-0.2, 0) is 11.2 Å². The molecule has 6 heteroatoms. The lowest BCUT2D eigenvalue weighted by molar-refractivity contribution is -0.126. The molecule has 3 N–H and O–H groups in total. The zero-order valence-electron chi connectivity index (χ0n) is 15.5. The van der Waals surface area contributed by atoms with E-state index in [9.17, 15) is 4.79 Å². The summed E-state index contributed by atoms with van der Waals surface area (Å²) in [5.74, 6) is 0.435. The van der Waals surface area contributed by atoms with Crippen molar-refractivity contribution >= 4 is 5.91 Å². The molecule has 0 bridgehead atoms. The van der Waals surface area contributed by atoms with Crippen molar-refractivity contribution in [2.75, 3.05) is 0 Å². The number of amides is 1. The minimum Gasteiger partial charge on any atom is -0.344 e. The third-order valence-electron chi connectivity index (χ3n) is 4.55. The van der Waals surface area contributed by atoms with Crippen LogP contribution in [0.1, 0.15) is 48.8 Å². The van der Waals surface area contributed by atoms with Gasteiger partial charge in [-0.2, -0.15) is 4.98 Å². The maximum Gasteiger partial charge on any atom is 0.248 e. The number of carbonyl (C=O) groups excluding carboxylic acids is 1. The van der Waals surface area contributed by atoms with E-state index in [-0.39, 0.29) is 23.9 Å². The van der Waals surface area contributed by atoms with Crippen molar-refractivity contribution < 1.29 is 9.32 Å². The van der Waals surface area contributed by atoms with Crippen molar-refractivity contribution in [3.63, 3.8) is 0 Å². The molecule has 0 saturated carbocycles. The molecule has 0 aliphatic rings. The Balaban J connectivity index is 1.59. The molecular formula is C21H24N4O2. The first kappa shape index (κ1) is 18.8. The van der Waals surface area contributed by atoms with Crippen LogP contribution in [0.2, 0.25) is 0 Å². The van der Waals surface area contributed by atoms with Crippen LogP contribution in [0.5, 0.6) is 0 Å². The summed E-state index contributed by atoms with van der Waals surface area (Å²) in [5, 5.41) is 6.91. The number of nitrogens with zero attached hydrogens (tertiary/aromatic N) is 2. The lowest BCUT2D eigenvalue weighted by Gasteiger charge is -2.21. The first-order valence-corrected chi connectivity index (χ1v) is 9.02. The van der Waals surface area contributed by atoms with Crippen LogP contribution in [0.15, 0.2) is 65.2 Å². The van der Waals surface area contributed by atoms with E-state index in [1.165, 1.54) is 0 Å². The second-order valence-corrected chi connectivity index (χ2v) is 6.67. The van der Waals surface area contributed by atoms with E-state index in [1.54, 1.807) is 0 Å². The van der Waals surface area contributed by atoms with Crippen molar-refractivity contribution in [3.05, 3.63) is 83.5 Å². The van der Waals surface area contributed by atoms with Gasteiger partial charge in [-0.15, -0.1) is 0 Å². The fourth-order valence-corrected chi connectivity index (χ4v) is 2.83. The summed E-state index contributed by atoms with van der Waals surface area (Å²) < 4.78 is 5.32. The summed E-state index contributed by atoms with van der Waals surface area (Å²) in [6.45, 7) is 3.63. The number of aromatic nitrogens is 2. The molecule has 140 valence electrons. The molecule has 3 unspecified atom stereocenters. The van der Waals surface area contributed by atoms with Crippen molar-refractivity contribution in [2.45, 2.75) is 32.4 Å². The van der Waals surface area contributed by atoms with Gasteiger partial charge in [0, 0.05) is 12.5 Å². The number of carbonyl (C=O) groups is 1. The predicted molar refractivity (Wildman–Crippen MR) is 103 cm³/mol. The lowest BCUT2D eigenvalue weighted by Crippen LogP contribution is -2.37. The summed E-state index contributed by atoms with van der Waals surface area (Å²) in [4.78, 5) is 17.0. The van der Waals surface area contributed by atoms with Gasteiger partial charge >= 0.3 is 0 Å². The maximum absolute atomic E-state index is 12.6. The van der Waals surface area contributed by atoms with E-state index < -0.39 is 0 Å².